The van der Waals surface area contributed by atoms with Gasteiger partial charge in [-0.05, 0) is 37.7 Å². The lowest BCUT2D eigenvalue weighted by molar-refractivity contribution is -0.137. The molecule has 1 atom stereocenters. The number of primary amides is 1. The van der Waals surface area contributed by atoms with E-state index in [0.717, 1.165) is 18.7 Å². The van der Waals surface area contributed by atoms with Crippen LogP contribution in [0.4, 0.5) is 13.2 Å². The van der Waals surface area contributed by atoms with E-state index in [9.17, 15) is 18.0 Å². The topological polar surface area (TPSA) is 55.6 Å². The fourth-order valence-corrected chi connectivity index (χ4v) is 2.72. The van der Waals surface area contributed by atoms with Crippen LogP contribution in [0, 0.1) is 0 Å². The van der Waals surface area contributed by atoms with Gasteiger partial charge in [-0.3, -0.25) is 4.79 Å². The molecule has 2 rings (SSSR count). The van der Waals surface area contributed by atoms with Crippen LogP contribution in [0.1, 0.15) is 33.8 Å². The number of halogens is 3. The highest BCUT2D eigenvalue weighted by Crippen LogP contribution is 2.40. The molecule has 1 saturated heterocycles. The second-order valence-electron chi connectivity index (χ2n) is 5.26. The third-order valence-corrected chi connectivity index (χ3v) is 3.75. The molecule has 0 bridgehead atoms. The Morgan fingerprint density at radius 2 is 2.10 bits per heavy atom. The molecule has 1 fully saturated rings. The van der Waals surface area contributed by atoms with Crippen LogP contribution in [0.15, 0.2) is 12.1 Å². The smallest absolute Gasteiger partial charge is 0.416 e. The average molecular weight is 302 g/mol. The van der Waals surface area contributed by atoms with E-state index in [-0.39, 0.29) is 17.2 Å². The number of hydrogen-bond acceptors (Lipinski definition) is 3. The first kappa shape index (κ1) is 15.6. The van der Waals surface area contributed by atoms with Gasteiger partial charge < -0.3 is 15.4 Å². The number of hydrogen-bond donors (Lipinski definition) is 1. The highest BCUT2D eigenvalue weighted by Gasteiger charge is 2.35. The first-order valence-corrected chi connectivity index (χ1v) is 6.51. The Labute approximate surface area is 120 Å². The summed E-state index contributed by atoms with van der Waals surface area (Å²) in [7, 11) is 3.23. The number of nitrogens with two attached hydrogens (primary N) is 1. The van der Waals surface area contributed by atoms with Crippen LogP contribution in [0.3, 0.4) is 0 Å². The van der Waals surface area contributed by atoms with Crippen LogP contribution < -0.4 is 10.5 Å². The van der Waals surface area contributed by atoms with Crippen molar-refractivity contribution in [3.8, 4) is 5.75 Å². The highest BCUT2D eigenvalue weighted by molar-refractivity contribution is 5.96. The van der Waals surface area contributed by atoms with Crippen molar-refractivity contribution < 1.29 is 22.7 Å². The van der Waals surface area contributed by atoms with Crippen LogP contribution in [0.2, 0.25) is 0 Å². The molecule has 2 N–H and O–H groups in total. The molecule has 1 aliphatic heterocycles. The van der Waals surface area contributed by atoms with E-state index >= 15 is 0 Å². The largest absolute Gasteiger partial charge is 0.496 e. The molecule has 0 aromatic heterocycles. The second-order valence-corrected chi connectivity index (χ2v) is 5.26. The van der Waals surface area contributed by atoms with Crippen molar-refractivity contribution in [1.29, 1.82) is 0 Å². The molecule has 0 aliphatic carbocycles. The van der Waals surface area contributed by atoms with E-state index in [4.69, 9.17) is 10.5 Å². The minimum atomic E-state index is -4.53. The molecule has 1 aliphatic rings. The van der Waals surface area contributed by atoms with Crippen molar-refractivity contribution >= 4 is 5.91 Å². The fourth-order valence-electron chi connectivity index (χ4n) is 2.72. The predicted molar refractivity (Wildman–Crippen MR) is 71.4 cm³/mol. The van der Waals surface area contributed by atoms with Gasteiger partial charge in [-0.25, -0.2) is 0 Å². The van der Waals surface area contributed by atoms with Crippen molar-refractivity contribution in [1.82, 2.24) is 4.90 Å². The summed E-state index contributed by atoms with van der Waals surface area (Å²) in [6.45, 7) is 1.41. The number of likely N-dealkylation sites (tertiary alicyclic amines) is 1. The zero-order valence-corrected chi connectivity index (χ0v) is 11.8. The Hall–Kier alpha value is -1.76. The Balaban J connectivity index is 2.60. The molecule has 1 aromatic rings. The summed E-state index contributed by atoms with van der Waals surface area (Å²) < 4.78 is 44.2. The van der Waals surface area contributed by atoms with Gasteiger partial charge >= 0.3 is 6.18 Å². The molecule has 0 saturated carbocycles. The normalized spacial score (nSPS) is 19.8. The van der Waals surface area contributed by atoms with Crippen LogP contribution >= 0.6 is 0 Å². The first-order chi connectivity index (χ1) is 9.74. The maximum absolute atomic E-state index is 13.0. The van der Waals surface area contributed by atoms with Gasteiger partial charge in [0.25, 0.3) is 5.91 Å². The zero-order chi connectivity index (χ0) is 15.8. The molecule has 1 heterocycles. The molecule has 1 aromatic carbocycles. The first-order valence-electron chi connectivity index (χ1n) is 6.51. The Morgan fingerprint density at radius 1 is 1.43 bits per heavy atom. The number of carbonyl (C=O) groups is 1. The minimum absolute atomic E-state index is 0.106. The highest BCUT2D eigenvalue weighted by atomic mass is 19.4. The third-order valence-electron chi connectivity index (χ3n) is 3.75. The molecule has 1 amide bonds. The molecule has 21 heavy (non-hydrogen) atoms. The molecule has 0 spiro atoms. The average Bonchev–Trinajstić information content (AvgIpc) is 2.82. The standard InChI is InChI=1S/C14H17F3N2O2/c1-19-4-3-8(7-19)10-5-9(14(15,16)17)6-11(13(18)20)12(10)21-2/h5-6,8H,3-4,7H2,1-2H3,(H2,18,20). The Bertz CT molecular complexity index is 558. The summed E-state index contributed by atoms with van der Waals surface area (Å²) in [5.74, 6) is -0.883. The molecular formula is C14H17F3N2O2. The van der Waals surface area contributed by atoms with Gasteiger partial charge in [0.1, 0.15) is 5.75 Å². The van der Waals surface area contributed by atoms with E-state index < -0.39 is 17.6 Å². The molecule has 116 valence electrons. The van der Waals surface area contributed by atoms with Gasteiger partial charge in [-0.2, -0.15) is 13.2 Å². The van der Waals surface area contributed by atoms with Crippen molar-refractivity contribution in [3.05, 3.63) is 28.8 Å². The minimum Gasteiger partial charge on any atom is -0.496 e. The summed E-state index contributed by atoms with van der Waals surface area (Å²) in [6.07, 6.45) is -3.82. The van der Waals surface area contributed by atoms with Crippen molar-refractivity contribution in [2.75, 3.05) is 27.2 Å². The van der Waals surface area contributed by atoms with E-state index in [1.54, 1.807) is 0 Å². The number of methoxy groups -OCH3 is 1. The van der Waals surface area contributed by atoms with Crippen molar-refractivity contribution in [2.24, 2.45) is 5.73 Å². The van der Waals surface area contributed by atoms with Gasteiger partial charge in [-0.1, -0.05) is 0 Å². The Morgan fingerprint density at radius 3 is 2.52 bits per heavy atom. The number of nitrogens with zero attached hydrogens (tertiary/aromatic N) is 1. The summed E-state index contributed by atoms with van der Waals surface area (Å²) in [5, 5.41) is 0. The van der Waals surface area contributed by atoms with Gasteiger partial charge in [0, 0.05) is 12.5 Å². The third kappa shape index (κ3) is 3.12. The second kappa shape index (κ2) is 5.55. The molecule has 4 nitrogen and oxygen atoms in total. The summed E-state index contributed by atoms with van der Waals surface area (Å²) >= 11 is 0. The van der Waals surface area contributed by atoms with Crippen LogP contribution in [0.25, 0.3) is 0 Å². The monoisotopic (exact) mass is 302 g/mol. The van der Waals surface area contributed by atoms with E-state index in [1.807, 2.05) is 11.9 Å². The van der Waals surface area contributed by atoms with Crippen LogP contribution in [-0.4, -0.2) is 38.1 Å². The van der Waals surface area contributed by atoms with E-state index in [1.165, 1.54) is 7.11 Å². The molecular weight excluding hydrogens is 285 g/mol. The van der Waals surface area contributed by atoms with Gasteiger partial charge in [0.2, 0.25) is 0 Å². The molecule has 7 heteroatoms. The summed E-state index contributed by atoms with van der Waals surface area (Å²) in [5.41, 5.74) is 4.50. The number of likely N-dealkylation sites (N-methyl/N-ethyl adjacent to an activating group) is 1. The van der Waals surface area contributed by atoms with E-state index in [2.05, 4.69) is 0 Å². The number of rotatable bonds is 3. The van der Waals surface area contributed by atoms with Gasteiger partial charge in [0.05, 0.1) is 18.2 Å². The van der Waals surface area contributed by atoms with Crippen molar-refractivity contribution in [3.63, 3.8) is 0 Å². The van der Waals surface area contributed by atoms with Crippen LogP contribution in [0.5, 0.6) is 5.75 Å². The number of carbonyl (C=O) groups excluding carboxylic acids is 1. The SMILES string of the molecule is COc1c(C(N)=O)cc(C(F)(F)F)cc1C1CCN(C)C1. The number of benzene rings is 1. The maximum atomic E-state index is 13.0. The van der Waals surface area contributed by atoms with Gasteiger partial charge in [0.15, 0.2) is 0 Å². The molecule has 0 radical (unpaired) electrons. The van der Waals surface area contributed by atoms with E-state index in [0.29, 0.717) is 18.5 Å². The molecule has 1 unspecified atom stereocenters. The quantitative estimate of drug-likeness (QED) is 0.931. The predicted octanol–water partition coefficient (Wildman–Crippen LogP) is 2.23. The lowest BCUT2D eigenvalue weighted by Crippen LogP contribution is -2.18. The lowest BCUT2D eigenvalue weighted by atomic mass is 9.92. The van der Waals surface area contributed by atoms with Gasteiger partial charge in [-0.15, -0.1) is 0 Å². The Kier molecular flexibility index (Phi) is 4.13. The fraction of sp³-hybridized carbons (Fsp3) is 0.500. The number of alkyl halides is 3. The summed E-state index contributed by atoms with van der Waals surface area (Å²) in [4.78, 5) is 13.5. The van der Waals surface area contributed by atoms with Crippen molar-refractivity contribution in [2.45, 2.75) is 18.5 Å². The van der Waals surface area contributed by atoms with Crippen LogP contribution in [-0.2, 0) is 6.18 Å². The maximum Gasteiger partial charge on any atom is 0.416 e. The number of ether oxygens (including phenoxy) is 1. The number of amides is 1. The lowest BCUT2D eigenvalue weighted by Gasteiger charge is -2.19. The zero-order valence-electron chi connectivity index (χ0n) is 11.8. The summed E-state index contributed by atoms with van der Waals surface area (Å²) in [6, 6.07) is 1.82.